The van der Waals surface area contributed by atoms with Crippen LogP contribution in [-0.4, -0.2) is 13.1 Å². The molecule has 0 aromatic heterocycles. The van der Waals surface area contributed by atoms with Gasteiger partial charge in [-0.2, -0.15) is 0 Å². The van der Waals surface area contributed by atoms with E-state index in [1.807, 2.05) is 13.8 Å². The van der Waals surface area contributed by atoms with Gasteiger partial charge in [-0.25, -0.2) is 0 Å². The Bertz CT molecular complexity index is 103. The Balaban J connectivity index is 0. The Labute approximate surface area is 92.8 Å². The molecule has 0 spiro atoms. The molecule has 0 aromatic carbocycles. The second kappa shape index (κ2) is 7.11. The summed E-state index contributed by atoms with van der Waals surface area (Å²) in [5, 5.41) is 0. The van der Waals surface area contributed by atoms with Gasteiger partial charge in [0.25, 0.3) is 0 Å². The van der Waals surface area contributed by atoms with E-state index in [2.05, 4.69) is 0 Å². The summed E-state index contributed by atoms with van der Waals surface area (Å²) in [5.41, 5.74) is 13.7. The molecule has 0 aliphatic carbocycles. The van der Waals surface area contributed by atoms with E-state index in [-0.39, 0.29) is 5.41 Å². The van der Waals surface area contributed by atoms with Gasteiger partial charge in [0.05, 0.1) is 0 Å². The second-order valence-corrected chi connectivity index (χ2v) is 22.5. The molecule has 0 atom stereocenters. The van der Waals surface area contributed by atoms with Crippen LogP contribution in [0.5, 0.6) is 0 Å². The molecule has 0 saturated carbocycles. The fourth-order valence-corrected chi connectivity index (χ4v) is 0.0625. The van der Waals surface area contributed by atoms with Crippen LogP contribution >= 0.6 is 37.7 Å². The predicted molar refractivity (Wildman–Crippen MR) is 55.6 cm³/mol. The molecule has 0 fully saturated rings. The first-order chi connectivity index (χ1) is 5.12. The van der Waals surface area contributed by atoms with Gasteiger partial charge in [-0.1, -0.05) is 19.3 Å². The third-order valence-electron chi connectivity index (χ3n) is 0.957. The molecular weight excluding hydrogens is 425 g/mol. The van der Waals surface area contributed by atoms with Gasteiger partial charge in [0, 0.05) is 0 Å². The molecule has 0 amide bonds. The van der Waals surface area contributed by atoms with Crippen molar-refractivity contribution < 1.29 is 11.9 Å². The summed E-state index contributed by atoms with van der Waals surface area (Å²) in [4.78, 5) is 0. The average Bonchev–Trinajstić information content (AvgIpc) is 1.85. The number of halogens is 4. The molecule has 2 N–H and O–H groups in total. The zero-order valence-electron chi connectivity index (χ0n) is 6.74. The van der Waals surface area contributed by atoms with Crippen LogP contribution in [0.15, 0.2) is 0 Å². The molecule has 80 valence electrons. The molecule has 2 nitrogen and oxygen atoms in total. The van der Waals surface area contributed by atoms with E-state index in [1.54, 1.807) is 0 Å². The first kappa shape index (κ1) is 16.2. The van der Waals surface area contributed by atoms with Crippen LogP contribution in [0, 0.1) is 5.41 Å². The molecule has 0 aromatic rings. The van der Waals surface area contributed by atoms with Crippen molar-refractivity contribution in [2.75, 3.05) is 13.1 Å². The fourth-order valence-electron chi connectivity index (χ4n) is 0.0625. The quantitative estimate of drug-likeness (QED) is 0.592. The third-order valence-corrected chi connectivity index (χ3v) is 0.957. The summed E-state index contributed by atoms with van der Waals surface area (Å²) in [6, 6.07) is 0. The molecular formula is C5H12Cl4N2Pt. The molecule has 12 heavy (non-hydrogen) atoms. The Morgan fingerprint density at radius 2 is 1.17 bits per heavy atom. The van der Waals surface area contributed by atoms with E-state index in [0.29, 0.717) is 13.1 Å². The van der Waals surface area contributed by atoms with E-state index in [4.69, 9.17) is 49.1 Å². The normalized spacial score (nSPS) is 13.3. The Morgan fingerprint density at radius 1 is 1.00 bits per heavy atom. The van der Waals surface area contributed by atoms with E-state index in [9.17, 15) is 0 Å². The second-order valence-electron chi connectivity index (χ2n) is 2.79. The Hall–Kier alpha value is 1.77. The molecule has 7 heteroatoms. The zero-order valence-corrected chi connectivity index (χ0v) is 12.0. The van der Waals surface area contributed by atoms with Crippen molar-refractivity contribution >= 4 is 37.7 Å². The first-order valence-corrected chi connectivity index (χ1v) is 14.2. The average molecular weight is 437 g/mol. The van der Waals surface area contributed by atoms with Gasteiger partial charge in [-0.05, 0) is 0 Å². The monoisotopic (exact) mass is 435 g/mol. The number of hydrogen-bond donors (Lipinski definition) is 0. The van der Waals surface area contributed by atoms with Crippen LogP contribution in [0.2, 0.25) is 0 Å². The number of rotatable bonds is 2. The van der Waals surface area contributed by atoms with Crippen molar-refractivity contribution in [2.45, 2.75) is 13.8 Å². The Kier molecular flexibility index (Phi) is 9.61. The minimum atomic E-state index is -3.06. The van der Waals surface area contributed by atoms with Gasteiger partial charge in [0.15, 0.2) is 0 Å². The van der Waals surface area contributed by atoms with Crippen molar-refractivity contribution in [2.24, 2.45) is 5.41 Å². The van der Waals surface area contributed by atoms with Gasteiger partial charge >= 0.3 is 49.6 Å². The zero-order chi connectivity index (χ0) is 10.4. The van der Waals surface area contributed by atoms with Crippen molar-refractivity contribution in [1.29, 1.82) is 0 Å². The van der Waals surface area contributed by atoms with E-state index < -0.39 is 11.9 Å². The van der Waals surface area contributed by atoms with Crippen LogP contribution in [0.3, 0.4) is 0 Å². The van der Waals surface area contributed by atoms with Gasteiger partial charge < -0.3 is 11.5 Å². The van der Waals surface area contributed by atoms with Crippen molar-refractivity contribution in [3.8, 4) is 0 Å². The van der Waals surface area contributed by atoms with E-state index >= 15 is 0 Å². The van der Waals surface area contributed by atoms with Gasteiger partial charge in [-0.15, -0.1) is 13.1 Å². The predicted octanol–water partition coefficient (Wildman–Crippen LogP) is 4.87. The van der Waals surface area contributed by atoms with Gasteiger partial charge in [0.1, 0.15) is 0 Å². The maximum absolute atomic E-state index is 6.89. The summed E-state index contributed by atoms with van der Waals surface area (Å²) in [6.07, 6.45) is 0. The number of hydrogen-bond acceptors (Lipinski definition) is 0. The third kappa shape index (κ3) is 22.6. The topological polar surface area (TPSA) is 47.6 Å². The van der Waals surface area contributed by atoms with E-state index in [1.165, 1.54) is 0 Å². The maximum atomic E-state index is 6.89. The van der Waals surface area contributed by atoms with Crippen molar-refractivity contribution in [1.82, 2.24) is 0 Å². The van der Waals surface area contributed by atoms with Gasteiger partial charge in [-0.3, -0.25) is 0 Å². The minimum absolute atomic E-state index is 0.0833. The first-order valence-electron chi connectivity index (χ1n) is 2.89. The molecule has 0 unspecified atom stereocenters. The van der Waals surface area contributed by atoms with Crippen LogP contribution in [0.1, 0.15) is 13.8 Å². The van der Waals surface area contributed by atoms with Crippen LogP contribution in [-0.2, 0) is 11.9 Å². The van der Waals surface area contributed by atoms with Crippen molar-refractivity contribution in [3.63, 3.8) is 0 Å². The van der Waals surface area contributed by atoms with Gasteiger partial charge in [0.2, 0.25) is 0 Å². The summed E-state index contributed by atoms with van der Waals surface area (Å²) in [5.74, 6) is 0. The standard InChI is InChI=1S/C5H12N2.4ClH.Pt/c1-5(2,3-6)4-7;;;;;/h6-7H,3-4H2,1-2H3;4*1H;/q-2;;;;;+6/p-4. The van der Waals surface area contributed by atoms with Crippen LogP contribution in [0.25, 0.3) is 11.5 Å². The molecule has 0 heterocycles. The van der Waals surface area contributed by atoms with Crippen LogP contribution < -0.4 is 0 Å². The molecule has 0 rings (SSSR count). The van der Waals surface area contributed by atoms with Crippen molar-refractivity contribution in [3.05, 3.63) is 11.5 Å². The number of nitrogens with one attached hydrogen (secondary N) is 2. The van der Waals surface area contributed by atoms with Crippen LogP contribution in [0.4, 0.5) is 0 Å². The molecule has 0 saturated heterocycles. The van der Waals surface area contributed by atoms with E-state index in [0.717, 1.165) is 0 Å². The molecule has 0 aliphatic heterocycles. The summed E-state index contributed by atoms with van der Waals surface area (Å²) < 4.78 is 0. The fraction of sp³-hybridized carbons (Fsp3) is 1.00. The SMILES string of the molecule is CC(C)(C[NH-])C[NH-].[Cl][Pt+2]([Cl])([Cl])[Cl]. The summed E-state index contributed by atoms with van der Waals surface area (Å²) in [7, 11) is 20.0. The Morgan fingerprint density at radius 3 is 1.17 bits per heavy atom. The molecule has 0 radical (unpaired) electrons. The summed E-state index contributed by atoms with van der Waals surface area (Å²) >= 11 is -3.06. The summed E-state index contributed by atoms with van der Waals surface area (Å²) in [6.45, 7) is 4.56. The molecule has 0 bridgehead atoms. The molecule has 0 aliphatic rings.